The molecule has 0 saturated carbocycles. The standard InChI is InChI=1S/C18H12Cl2F2N2O3S/c1-27-7-5-24-15-9(17(25)23-18(24)26)3-11(20)14(16(15)28-6-7)8-2-10(19)13(22)4-12(8)21/h2-4,7H,5-6H2,1H3,(H,23,25,26). The van der Waals surface area contributed by atoms with Crippen molar-refractivity contribution in [2.24, 2.45) is 0 Å². The molecule has 1 unspecified atom stereocenters. The van der Waals surface area contributed by atoms with Crippen molar-refractivity contribution in [1.82, 2.24) is 9.55 Å². The zero-order valence-corrected chi connectivity index (χ0v) is 16.6. The number of nitrogens with zero attached hydrogens (tertiary/aromatic N) is 1. The van der Waals surface area contributed by atoms with Gasteiger partial charge >= 0.3 is 5.69 Å². The van der Waals surface area contributed by atoms with Gasteiger partial charge in [-0.1, -0.05) is 23.2 Å². The number of rotatable bonds is 2. The molecular weight excluding hydrogens is 433 g/mol. The molecule has 0 saturated heterocycles. The minimum Gasteiger partial charge on any atom is -0.379 e. The van der Waals surface area contributed by atoms with Gasteiger partial charge in [-0.25, -0.2) is 13.6 Å². The topological polar surface area (TPSA) is 64.1 Å². The molecule has 1 aromatic heterocycles. The van der Waals surface area contributed by atoms with Crippen LogP contribution in [-0.4, -0.2) is 28.5 Å². The van der Waals surface area contributed by atoms with Gasteiger partial charge in [0.25, 0.3) is 5.56 Å². The fourth-order valence-corrected chi connectivity index (χ4v) is 5.09. The second-order valence-corrected chi connectivity index (χ2v) is 8.09. The zero-order valence-electron chi connectivity index (χ0n) is 14.3. The number of thioether (sulfide) groups is 1. The van der Waals surface area contributed by atoms with Crippen LogP contribution in [0.2, 0.25) is 10.0 Å². The zero-order chi connectivity index (χ0) is 20.2. The van der Waals surface area contributed by atoms with Crippen LogP contribution in [0.5, 0.6) is 0 Å². The first-order chi connectivity index (χ1) is 13.3. The molecular formula is C18H12Cl2F2N2O3S. The third-order valence-corrected chi connectivity index (χ3v) is 6.41. The van der Waals surface area contributed by atoms with E-state index in [-0.39, 0.29) is 39.2 Å². The van der Waals surface area contributed by atoms with E-state index in [2.05, 4.69) is 4.98 Å². The first-order valence-electron chi connectivity index (χ1n) is 8.11. The van der Waals surface area contributed by atoms with Crippen molar-refractivity contribution in [2.45, 2.75) is 17.5 Å². The van der Waals surface area contributed by atoms with E-state index in [0.717, 1.165) is 6.07 Å². The van der Waals surface area contributed by atoms with E-state index < -0.39 is 22.9 Å². The monoisotopic (exact) mass is 444 g/mol. The highest BCUT2D eigenvalue weighted by Gasteiger charge is 2.27. The Labute approximate surface area is 171 Å². The highest BCUT2D eigenvalue weighted by Crippen LogP contribution is 2.44. The Bertz CT molecular complexity index is 1240. The van der Waals surface area contributed by atoms with Gasteiger partial charge in [-0.15, -0.1) is 11.8 Å². The van der Waals surface area contributed by atoms with Crippen molar-refractivity contribution >= 4 is 45.9 Å². The van der Waals surface area contributed by atoms with E-state index in [1.54, 1.807) is 0 Å². The molecule has 146 valence electrons. The summed E-state index contributed by atoms with van der Waals surface area (Å²) >= 11 is 13.5. The predicted molar refractivity (Wildman–Crippen MR) is 106 cm³/mol. The summed E-state index contributed by atoms with van der Waals surface area (Å²) in [5.74, 6) is -1.32. The molecule has 3 aromatic rings. The molecule has 1 aliphatic rings. The van der Waals surface area contributed by atoms with Crippen molar-refractivity contribution < 1.29 is 13.5 Å². The van der Waals surface area contributed by atoms with Crippen LogP contribution in [0.25, 0.3) is 22.0 Å². The SMILES string of the molecule is COC1CSc2c(-c3cc(Cl)c(F)cc3F)c(Cl)cc3c(=O)[nH]c(=O)n(c23)C1. The number of benzene rings is 2. The Morgan fingerprint density at radius 1 is 1.18 bits per heavy atom. The molecule has 1 aliphatic heterocycles. The molecule has 2 heterocycles. The normalized spacial score (nSPS) is 16.4. The van der Waals surface area contributed by atoms with Gasteiger partial charge < -0.3 is 4.74 Å². The minimum absolute atomic E-state index is 0.0176. The molecule has 1 atom stereocenters. The van der Waals surface area contributed by atoms with Crippen molar-refractivity contribution in [2.75, 3.05) is 12.9 Å². The second kappa shape index (κ2) is 7.18. The summed E-state index contributed by atoms with van der Waals surface area (Å²) in [6.07, 6.45) is -0.322. The number of H-pyrrole nitrogens is 1. The summed E-state index contributed by atoms with van der Waals surface area (Å²) in [4.78, 5) is 27.5. The highest BCUT2D eigenvalue weighted by molar-refractivity contribution is 7.99. The van der Waals surface area contributed by atoms with Crippen molar-refractivity contribution in [3.8, 4) is 11.1 Å². The predicted octanol–water partition coefficient (Wildman–Crippen LogP) is 4.06. The van der Waals surface area contributed by atoms with E-state index in [1.807, 2.05) is 0 Å². The maximum absolute atomic E-state index is 14.6. The number of aromatic nitrogens is 2. The van der Waals surface area contributed by atoms with Crippen molar-refractivity contribution in [3.05, 3.63) is 60.7 Å². The van der Waals surface area contributed by atoms with Crippen LogP contribution in [0.1, 0.15) is 0 Å². The molecule has 0 amide bonds. The Morgan fingerprint density at radius 3 is 2.64 bits per heavy atom. The fourth-order valence-electron chi connectivity index (χ4n) is 3.25. The average Bonchev–Trinajstić information content (AvgIpc) is 2.84. The minimum atomic E-state index is -0.897. The maximum Gasteiger partial charge on any atom is 0.328 e. The van der Waals surface area contributed by atoms with Gasteiger partial charge in [0.1, 0.15) is 11.6 Å². The quantitative estimate of drug-likeness (QED) is 0.605. The van der Waals surface area contributed by atoms with E-state index in [9.17, 15) is 18.4 Å². The molecule has 0 bridgehead atoms. The average molecular weight is 445 g/mol. The van der Waals surface area contributed by atoms with Crippen LogP contribution in [0.4, 0.5) is 8.78 Å². The highest BCUT2D eigenvalue weighted by atomic mass is 35.5. The summed E-state index contributed by atoms with van der Waals surface area (Å²) in [7, 11) is 1.52. The molecule has 0 fully saturated rings. The van der Waals surface area contributed by atoms with Gasteiger partial charge in [-0.3, -0.25) is 14.3 Å². The summed E-state index contributed by atoms with van der Waals surface area (Å²) in [5, 5.41) is 0.0146. The summed E-state index contributed by atoms with van der Waals surface area (Å²) in [6.45, 7) is 0.205. The first kappa shape index (κ1) is 19.4. The second-order valence-electron chi connectivity index (χ2n) is 6.24. The summed E-state index contributed by atoms with van der Waals surface area (Å²) in [6, 6.07) is 3.19. The van der Waals surface area contributed by atoms with Crippen LogP contribution in [0, 0.1) is 11.6 Å². The Hall–Kier alpha value is -1.87. The molecule has 1 N–H and O–H groups in total. The number of hydrogen-bond acceptors (Lipinski definition) is 4. The lowest BCUT2D eigenvalue weighted by Crippen LogP contribution is -2.34. The van der Waals surface area contributed by atoms with Gasteiger partial charge in [-0.2, -0.15) is 0 Å². The van der Waals surface area contributed by atoms with Gasteiger partial charge in [0.05, 0.1) is 33.6 Å². The number of hydrogen-bond donors (Lipinski definition) is 1. The fraction of sp³-hybridized carbons (Fsp3) is 0.222. The number of methoxy groups -OCH3 is 1. The molecule has 0 spiro atoms. The third kappa shape index (κ3) is 3.04. The number of nitrogens with one attached hydrogen (secondary N) is 1. The van der Waals surface area contributed by atoms with E-state index in [1.165, 1.54) is 29.5 Å². The van der Waals surface area contributed by atoms with Crippen LogP contribution < -0.4 is 11.2 Å². The maximum atomic E-state index is 14.6. The molecule has 28 heavy (non-hydrogen) atoms. The number of halogens is 4. The Morgan fingerprint density at radius 2 is 1.93 bits per heavy atom. The summed E-state index contributed by atoms with van der Waals surface area (Å²) < 4.78 is 35.0. The number of ether oxygens (including phenoxy) is 1. The molecule has 5 nitrogen and oxygen atoms in total. The molecule has 0 aliphatic carbocycles. The largest absolute Gasteiger partial charge is 0.379 e. The van der Waals surface area contributed by atoms with Crippen LogP contribution in [0.3, 0.4) is 0 Å². The number of aromatic amines is 1. The molecule has 0 radical (unpaired) electrons. The van der Waals surface area contributed by atoms with E-state index in [4.69, 9.17) is 27.9 Å². The van der Waals surface area contributed by atoms with E-state index in [0.29, 0.717) is 22.2 Å². The van der Waals surface area contributed by atoms with Crippen molar-refractivity contribution in [3.63, 3.8) is 0 Å². The summed E-state index contributed by atoms with van der Waals surface area (Å²) in [5.41, 5.74) is -0.642. The smallest absolute Gasteiger partial charge is 0.328 e. The van der Waals surface area contributed by atoms with Gasteiger partial charge in [0.15, 0.2) is 0 Å². The lowest BCUT2D eigenvalue weighted by molar-refractivity contribution is 0.107. The lowest BCUT2D eigenvalue weighted by atomic mass is 10.0. The Kier molecular flexibility index (Phi) is 4.99. The van der Waals surface area contributed by atoms with Crippen LogP contribution in [0.15, 0.2) is 32.7 Å². The van der Waals surface area contributed by atoms with Gasteiger partial charge in [0, 0.05) is 35.0 Å². The lowest BCUT2D eigenvalue weighted by Gasteiger charge is -2.16. The van der Waals surface area contributed by atoms with Gasteiger partial charge in [0.2, 0.25) is 0 Å². The van der Waals surface area contributed by atoms with Gasteiger partial charge in [-0.05, 0) is 12.1 Å². The van der Waals surface area contributed by atoms with E-state index >= 15 is 0 Å². The molecule has 2 aromatic carbocycles. The first-order valence-corrected chi connectivity index (χ1v) is 9.85. The Balaban J connectivity index is 2.16. The molecule has 10 heteroatoms. The third-order valence-electron chi connectivity index (χ3n) is 4.60. The van der Waals surface area contributed by atoms with Crippen molar-refractivity contribution in [1.29, 1.82) is 0 Å². The van der Waals surface area contributed by atoms with Crippen LogP contribution in [-0.2, 0) is 11.3 Å². The molecule has 4 rings (SSSR count). The van der Waals surface area contributed by atoms with Crippen LogP contribution >= 0.6 is 35.0 Å².